The Kier molecular flexibility index (Phi) is 6.23. The lowest BCUT2D eigenvalue weighted by Gasteiger charge is -2.41. The van der Waals surface area contributed by atoms with E-state index in [1.807, 2.05) is 4.90 Å². The molecule has 172 valence electrons. The quantitative estimate of drug-likeness (QED) is 0.659. The standard InChI is InChI=1S/C22H26F3N5O2/c1-29-11-27-9-20(29)22(32)28-10-21(31)30-14-2-3-15(30)5-13(4-14)19(26)7-12-6-17(24)18(25)8-16(12)23/h6,8-9,11,13-15,19H,2-5,7,10,26H2,1H3,(H,28,32)/t13?,14-,15+,19-/m1/s1. The van der Waals surface area contributed by atoms with Crippen molar-refractivity contribution in [2.45, 2.75) is 50.2 Å². The first kappa shape index (κ1) is 22.3. The predicted molar refractivity (Wildman–Crippen MR) is 110 cm³/mol. The molecule has 2 saturated heterocycles. The van der Waals surface area contributed by atoms with Crippen molar-refractivity contribution < 1.29 is 22.8 Å². The summed E-state index contributed by atoms with van der Waals surface area (Å²) in [5.41, 5.74) is 6.75. The van der Waals surface area contributed by atoms with Gasteiger partial charge in [0.25, 0.3) is 5.91 Å². The first-order valence-electron chi connectivity index (χ1n) is 10.7. The molecule has 1 unspecified atom stereocenters. The van der Waals surface area contributed by atoms with Crippen LogP contribution in [0.1, 0.15) is 41.7 Å². The molecule has 2 aromatic rings. The summed E-state index contributed by atoms with van der Waals surface area (Å²) in [6, 6.07) is 0.978. The second-order valence-electron chi connectivity index (χ2n) is 8.72. The molecule has 3 N–H and O–H groups in total. The summed E-state index contributed by atoms with van der Waals surface area (Å²) >= 11 is 0. The van der Waals surface area contributed by atoms with Crippen molar-refractivity contribution in [3.63, 3.8) is 0 Å². The average Bonchev–Trinajstić information content (AvgIpc) is 3.29. The van der Waals surface area contributed by atoms with E-state index in [9.17, 15) is 22.8 Å². The predicted octanol–water partition coefficient (Wildman–Crippen LogP) is 1.91. The highest BCUT2D eigenvalue weighted by molar-refractivity contribution is 5.95. The molecule has 7 nitrogen and oxygen atoms in total. The number of hydrogen-bond acceptors (Lipinski definition) is 4. The Bertz CT molecular complexity index is 1010. The maximum atomic E-state index is 14.0. The summed E-state index contributed by atoms with van der Waals surface area (Å²) in [4.78, 5) is 30.8. The smallest absolute Gasteiger partial charge is 0.269 e. The van der Waals surface area contributed by atoms with Gasteiger partial charge in [0.1, 0.15) is 11.5 Å². The maximum Gasteiger partial charge on any atom is 0.269 e. The molecular formula is C22H26F3N5O2. The highest BCUT2D eigenvalue weighted by atomic mass is 19.2. The number of piperidine rings is 1. The number of amides is 2. The van der Waals surface area contributed by atoms with Gasteiger partial charge < -0.3 is 20.5 Å². The van der Waals surface area contributed by atoms with Crippen LogP contribution in [-0.4, -0.2) is 50.9 Å². The molecule has 2 bridgehead atoms. The summed E-state index contributed by atoms with van der Waals surface area (Å²) < 4.78 is 42.3. The zero-order valence-electron chi connectivity index (χ0n) is 17.7. The van der Waals surface area contributed by atoms with E-state index in [-0.39, 0.29) is 48.3 Å². The van der Waals surface area contributed by atoms with Crippen LogP contribution in [0.5, 0.6) is 0 Å². The summed E-state index contributed by atoms with van der Waals surface area (Å²) in [6.45, 7) is -0.103. The van der Waals surface area contributed by atoms with Crippen molar-refractivity contribution in [2.24, 2.45) is 18.7 Å². The highest BCUT2D eigenvalue weighted by Gasteiger charge is 2.44. The third-order valence-corrected chi connectivity index (χ3v) is 6.66. The summed E-state index contributed by atoms with van der Waals surface area (Å²) in [5, 5.41) is 2.65. The highest BCUT2D eigenvalue weighted by Crippen LogP contribution is 2.40. The van der Waals surface area contributed by atoms with E-state index in [4.69, 9.17) is 5.73 Å². The van der Waals surface area contributed by atoms with E-state index >= 15 is 0 Å². The second-order valence-corrected chi connectivity index (χ2v) is 8.72. The lowest BCUT2D eigenvalue weighted by molar-refractivity contribution is -0.135. The molecule has 3 heterocycles. The molecule has 10 heteroatoms. The van der Waals surface area contributed by atoms with E-state index in [1.54, 1.807) is 11.6 Å². The Labute approximate surface area is 183 Å². The van der Waals surface area contributed by atoms with Crippen LogP contribution in [0.25, 0.3) is 0 Å². The molecular weight excluding hydrogens is 423 g/mol. The third kappa shape index (κ3) is 4.36. The Morgan fingerprint density at radius 3 is 2.44 bits per heavy atom. The van der Waals surface area contributed by atoms with Gasteiger partial charge in [0.15, 0.2) is 11.6 Å². The average molecular weight is 449 g/mol. The van der Waals surface area contributed by atoms with Gasteiger partial charge in [0.2, 0.25) is 5.91 Å². The molecule has 2 aliphatic heterocycles. The fourth-order valence-electron chi connectivity index (χ4n) is 5.03. The van der Waals surface area contributed by atoms with Crippen molar-refractivity contribution >= 4 is 11.8 Å². The number of carbonyl (C=O) groups excluding carboxylic acids is 2. The molecule has 32 heavy (non-hydrogen) atoms. The Morgan fingerprint density at radius 1 is 1.16 bits per heavy atom. The molecule has 0 spiro atoms. The number of halogens is 3. The minimum Gasteiger partial charge on any atom is -0.342 e. The monoisotopic (exact) mass is 449 g/mol. The van der Waals surface area contributed by atoms with Crippen LogP contribution < -0.4 is 11.1 Å². The summed E-state index contributed by atoms with van der Waals surface area (Å²) in [6.07, 6.45) is 6.05. The molecule has 2 fully saturated rings. The van der Waals surface area contributed by atoms with Gasteiger partial charge in [0.05, 0.1) is 19.1 Å². The molecule has 1 aromatic heterocycles. The lowest BCUT2D eigenvalue weighted by atomic mass is 9.82. The fourth-order valence-corrected chi connectivity index (χ4v) is 5.03. The second kappa shape index (κ2) is 8.93. The topological polar surface area (TPSA) is 93.2 Å². The lowest BCUT2D eigenvalue weighted by Crippen LogP contribution is -2.52. The molecule has 0 saturated carbocycles. The number of nitrogens with one attached hydrogen (secondary N) is 1. The number of nitrogens with zero attached hydrogens (tertiary/aromatic N) is 3. The van der Waals surface area contributed by atoms with Gasteiger partial charge in [-0.15, -0.1) is 0 Å². The van der Waals surface area contributed by atoms with Gasteiger partial charge in [-0.05, 0) is 49.7 Å². The summed E-state index contributed by atoms with van der Waals surface area (Å²) in [7, 11) is 1.70. The SMILES string of the molecule is Cn1cncc1C(=O)NCC(=O)N1[C@@H]2CC[C@H]1CC([C@H](N)Cc1cc(F)c(F)cc1F)C2. The van der Waals surface area contributed by atoms with Crippen molar-refractivity contribution in [1.82, 2.24) is 19.8 Å². The molecule has 2 amide bonds. The first-order chi connectivity index (χ1) is 15.2. The first-order valence-corrected chi connectivity index (χ1v) is 10.7. The van der Waals surface area contributed by atoms with E-state index in [0.717, 1.165) is 18.9 Å². The maximum absolute atomic E-state index is 14.0. The van der Waals surface area contributed by atoms with E-state index in [1.165, 1.54) is 12.5 Å². The van der Waals surface area contributed by atoms with Crippen molar-refractivity contribution in [3.05, 3.63) is 53.4 Å². The van der Waals surface area contributed by atoms with E-state index < -0.39 is 23.5 Å². The minimum atomic E-state index is -1.22. The molecule has 4 atom stereocenters. The molecule has 0 aliphatic carbocycles. The van der Waals surface area contributed by atoms with Crippen LogP contribution in [0.4, 0.5) is 13.2 Å². The molecule has 1 aromatic carbocycles. The normalized spacial score (nSPS) is 23.3. The van der Waals surface area contributed by atoms with Crippen LogP contribution in [-0.2, 0) is 18.3 Å². The zero-order valence-corrected chi connectivity index (χ0v) is 17.7. The van der Waals surface area contributed by atoms with Gasteiger partial charge in [-0.1, -0.05) is 0 Å². The Morgan fingerprint density at radius 2 is 1.81 bits per heavy atom. The number of hydrogen-bond donors (Lipinski definition) is 2. The largest absolute Gasteiger partial charge is 0.342 e. The van der Waals surface area contributed by atoms with Gasteiger partial charge in [-0.2, -0.15) is 0 Å². The van der Waals surface area contributed by atoms with Gasteiger partial charge in [0, 0.05) is 31.2 Å². The van der Waals surface area contributed by atoms with Crippen LogP contribution >= 0.6 is 0 Å². The molecule has 0 radical (unpaired) electrons. The van der Waals surface area contributed by atoms with Crippen molar-refractivity contribution in [3.8, 4) is 0 Å². The van der Waals surface area contributed by atoms with Crippen LogP contribution in [0.15, 0.2) is 24.7 Å². The van der Waals surface area contributed by atoms with Crippen molar-refractivity contribution in [2.75, 3.05) is 6.54 Å². The van der Waals surface area contributed by atoms with Gasteiger partial charge in [-0.25, -0.2) is 18.2 Å². The molecule has 4 rings (SSSR count). The number of nitrogens with two attached hydrogens (primary N) is 1. The van der Waals surface area contributed by atoms with Crippen molar-refractivity contribution in [1.29, 1.82) is 0 Å². The van der Waals surface area contributed by atoms with Gasteiger partial charge >= 0.3 is 0 Å². The number of imidazole rings is 1. The Hall–Kier alpha value is -2.88. The van der Waals surface area contributed by atoms with E-state index in [0.29, 0.717) is 24.6 Å². The Balaban J connectivity index is 1.35. The number of rotatable bonds is 6. The fraction of sp³-hybridized carbons (Fsp3) is 0.500. The number of aryl methyl sites for hydroxylation is 1. The van der Waals surface area contributed by atoms with E-state index in [2.05, 4.69) is 10.3 Å². The third-order valence-electron chi connectivity index (χ3n) is 6.66. The molecule has 2 aliphatic rings. The number of benzene rings is 1. The van der Waals surface area contributed by atoms with Gasteiger partial charge in [-0.3, -0.25) is 9.59 Å². The van der Waals surface area contributed by atoms with Crippen LogP contribution in [0.2, 0.25) is 0 Å². The van der Waals surface area contributed by atoms with Crippen LogP contribution in [0, 0.1) is 23.4 Å². The summed E-state index contributed by atoms with van der Waals surface area (Å²) in [5.74, 6) is -3.60. The zero-order chi connectivity index (χ0) is 23.0. The number of carbonyl (C=O) groups is 2. The number of aromatic nitrogens is 2. The minimum absolute atomic E-state index is 0.000654. The number of fused-ring (bicyclic) bond motifs is 2. The van der Waals surface area contributed by atoms with Crippen LogP contribution in [0.3, 0.4) is 0 Å².